The van der Waals surface area contributed by atoms with Gasteiger partial charge in [-0.15, -0.1) is 10.2 Å². The molecule has 4 aromatic carbocycles. The molecule has 2 N–H and O–H groups in total. The van der Waals surface area contributed by atoms with E-state index in [2.05, 4.69) is 40.1 Å². The molecular weight excluding hydrogens is 863 g/mol. The van der Waals surface area contributed by atoms with Crippen LogP contribution in [0.2, 0.25) is 10.0 Å². The van der Waals surface area contributed by atoms with E-state index in [1.165, 1.54) is 38.4 Å². The Morgan fingerprint density at radius 1 is 0.596 bits per heavy atom. The van der Waals surface area contributed by atoms with Gasteiger partial charge < -0.3 is 20.4 Å². The summed E-state index contributed by atoms with van der Waals surface area (Å²) in [6.07, 6.45) is 0. The standard InChI is InChI=1S/2C17H16ClN5O4S.Cr/c2*1-10-16(17(25)23(22-10)12-5-3-4-11(18)8-12)21-20-14-7-6-13(9-15(14)24)28(26,27)19-2;/h2*3-9,19,24-25H,1-2H3;/q;;+3/p-3. The summed E-state index contributed by atoms with van der Waals surface area (Å²) in [5.41, 5.74) is 1.28. The second-order valence-corrected chi connectivity index (χ2v) is 16.0. The average molecular weight is 893 g/mol. The van der Waals surface area contributed by atoms with Crippen LogP contribution in [0.1, 0.15) is 12.8 Å². The maximum absolute atomic E-state index is 12.6. The zero-order valence-corrected chi connectivity index (χ0v) is 34.3. The van der Waals surface area contributed by atoms with Crippen molar-refractivity contribution in [3.8, 4) is 34.6 Å². The van der Waals surface area contributed by atoms with Gasteiger partial charge in [-0.2, -0.15) is 20.4 Å². The summed E-state index contributed by atoms with van der Waals surface area (Å²) in [5.74, 6) is -2.34. The van der Waals surface area contributed by atoms with Crippen LogP contribution in [-0.4, -0.2) is 50.5 Å². The van der Waals surface area contributed by atoms with E-state index in [0.29, 0.717) is 32.8 Å². The fraction of sp³-hybridized carbons (Fsp3) is 0.118. The van der Waals surface area contributed by atoms with Crippen LogP contribution >= 0.6 is 23.2 Å². The van der Waals surface area contributed by atoms with Gasteiger partial charge in [-0.1, -0.05) is 46.8 Å². The molecule has 0 aliphatic carbocycles. The largest absolute Gasteiger partial charge is 3.00 e. The minimum absolute atomic E-state index is 0. The molecule has 2 aromatic heterocycles. The smallest absolute Gasteiger partial charge is 0.871 e. The Kier molecular flexibility index (Phi) is 14.2. The topological polar surface area (TPSA) is 270 Å². The molecule has 0 atom stereocenters. The molecule has 23 heteroatoms. The van der Waals surface area contributed by atoms with Crippen molar-refractivity contribution in [2.75, 3.05) is 14.1 Å². The summed E-state index contributed by atoms with van der Waals surface area (Å²) in [7, 11) is -5.01. The Bertz CT molecular complexity index is 2550. The first kappa shape index (κ1) is 44.3. The fourth-order valence-electron chi connectivity index (χ4n) is 4.72. The summed E-state index contributed by atoms with van der Waals surface area (Å²) in [5, 5.41) is 73.8. The van der Waals surface area contributed by atoms with E-state index >= 15 is 0 Å². The van der Waals surface area contributed by atoms with Gasteiger partial charge in [0.2, 0.25) is 20.0 Å². The van der Waals surface area contributed by atoms with Crippen molar-refractivity contribution in [1.82, 2.24) is 29.0 Å². The van der Waals surface area contributed by atoms with Gasteiger partial charge in [0.15, 0.2) is 0 Å². The maximum atomic E-state index is 12.6. The molecule has 0 amide bonds. The molecule has 0 spiro atoms. The number of benzene rings is 4. The first-order valence-corrected chi connectivity index (χ1v) is 19.6. The van der Waals surface area contributed by atoms with E-state index in [4.69, 9.17) is 23.2 Å². The number of nitrogens with zero attached hydrogens (tertiary/aromatic N) is 8. The quantitative estimate of drug-likeness (QED) is 0.179. The Morgan fingerprint density at radius 2 is 0.965 bits per heavy atom. The molecule has 6 aromatic rings. The second kappa shape index (κ2) is 18.3. The third-order valence-corrected chi connectivity index (χ3v) is 10.9. The van der Waals surface area contributed by atoms with Crippen molar-refractivity contribution < 1.29 is 56.0 Å². The molecule has 18 nitrogen and oxygen atoms in total. The van der Waals surface area contributed by atoms with Crippen LogP contribution in [0.25, 0.3) is 11.4 Å². The molecule has 57 heavy (non-hydrogen) atoms. The van der Waals surface area contributed by atoms with Gasteiger partial charge in [0.05, 0.1) is 43.9 Å². The van der Waals surface area contributed by atoms with Crippen molar-refractivity contribution in [2.24, 2.45) is 20.5 Å². The molecule has 6 rings (SSSR count). The predicted molar refractivity (Wildman–Crippen MR) is 199 cm³/mol. The number of rotatable bonds is 10. The molecule has 0 aliphatic heterocycles. The molecule has 295 valence electrons. The molecule has 0 unspecified atom stereocenters. The minimum atomic E-state index is -3.75. The number of sulfonamides is 2. The molecule has 0 saturated heterocycles. The van der Waals surface area contributed by atoms with Crippen LogP contribution < -0.4 is 29.9 Å². The molecule has 0 saturated carbocycles. The first-order chi connectivity index (χ1) is 26.4. The molecule has 2 heterocycles. The van der Waals surface area contributed by atoms with Crippen molar-refractivity contribution in [2.45, 2.75) is 23.6 Å². The van der Waals surface area contributed by atoms with Crippen LogP contribution in [-0.2, 0) is 37.4 Å². The monoisotopic (exact) mass is 891 g/mol. The number of aryl methyl sites for hydroxylation is 2. The molecule has 0 fully saturated rings. The Hall–Kier alpha value is -5.37. The van der Waals surface area contributed by atoms with Gasteiger partial charge in [0, 0.05) is 21.8 Å². The van der Waals surface area contributed by atoms with Gasteiger partial charge >= 0.3 is 18.8 Å². The van der Waals surface area contributed by atoms with Crippen LogP contribution in [0.3, 0.4) is 0 Å². The van der Waals surface area contributed by atoms with Gasteiger partial charge in [-0.3, -0.25) is 0 Å². The number of azo groups is 2. The van der Waals surface area contributed by atoms with E-state index in [9.17, 15) is 37.3 Å². The van der Waals surface area contributed by atoms with E-state index in [1.54, 1.807) is 62.4 Å². The third-order valence-electron chi connectivity index (χ3n) is 7.62. The number of aromatic nitrogens is 4. The van der Waals surface area contributed by atoms with Gasteiger partial charge in [0.1, 0.15) is 11.4 Å². The van der Waals surface area contributed by atoms with Crippen molar-refractivity contribution in [3.63, 3.8) is 0 Å². The zero-order chi connectivity index (χ0) is 40.9. The molecule has 0 aliphatic rings. The maximum Gasteiger partial charge on any atom is 3.00 e. The summed E-state index contributed by atoms with van der Waals surface area (Å²) in [6, 6.07) is 19.9. The Morgan fingerprint density at radius 3 is 1.28 bits per heavy atom. The van der Waals surface area contributed by atoms with E-state index in [-0.39, 0.29) is 51.3 Å². The van der Waals surface area contributed by atoms with E-state index in [1.807, 2.05) is 0 Å². The minimum Gasteiger partial charge on any atom is -0.871 e. The molecular formula is C34H29Cl2CrN10O8S2. The summed E-state index contributed by atoms with van der Waals surface area (Å²) in [6.45, 7) is 3.16. The van der Waals surface area contributed by atoms with Gasteiger partial charge in [-0.25, -0.2) is 35.6 Å². The molecule has 0 bridgehead atoms. The normalized spacial score (nSPS) is 11.8. The number of hydrogen-bond donors (Lipinski definition) is 2. The average Bonchev–Trinajstić information content (AvgIpc) is 3.62. The predicted octanol–water partition coefficient (Wildman–Crippen LogP) is 4.72. The van der Waals surface area contributed by atoms with Crippen molar-refractivity contribution in [3.05, 3.63) is 106 Å². The Labute approximate surface area is 348 Å². The van der Waals surface area contributed by atoms with Crippen LogP contribution in [0.4, 0.5) is 22.7 Å². The van der Waals surface area contributed by atoms with Gasteiger partial charge in [-0.05, 0) is 101 Å². The summed E-state index contributed by atoms with van der Waals surface area (Å²) >= 11 is 11.9. The molecule has 1 radical (unpaired) electrons. The first-order valence-electron chi connectivity index (χ1n) is 15.8. The Balaban J connectivity index is 0.000000300. The summed E-state index contributed by atoms with van der Waals surface area (Å²) < 4.78 is 53.4. The van der Waals surface area contributed by atoms with Gasteiger partial charge in [0.25, 0.3) is 0 Å². The van der Waals surface area contributed by atoms with Crippen LogP contribution in [0, 0.1) is 13.8 Å². The number of nitrogens with one attached hydrogen (secondary N) is 2. The van der Waals surface area contributed by atoms with Crippen LogP contribution in [0.5, 0.6) is 23.3 Å². The van der Waals surface area contributed by atoms with Crippen LogP contribution in [0.15, 0.2) is 115 Å². The van der Waals surface area contributed by atoms with Crippen molar-refractivity contribution in [1.29, 1.82) is 0 Å². The third kappa shape index (κ3) is 10.1. The van der Waals surface area contributed by atoms with E-state index in [0.717, 1.165) is 21.5 Å². The number of halogens is 2. The fourth-order valence-corrected chi connectivity index (χ4v) is 6.58. The number of hydrogen-bond acceptors (Lipinski definition) is 14. The summed E-state index contributed by atoms with van der Waals surface area (Å²) in [4.78, 5) is -0.373. The second-order valence-electron chi connectivity index (χ2n) is 11.3. The SMILES string of the molecule is CNS(=O)(=O)c1ccc(N=Nc2c(C)nn(-c3cccc(Cl)c3)c2[O-])c([O-])c1.CNS(=O)(=O)c1ccc(N=Nc2c(C)nn(-c3cccc(Cl)c3)c2[O-])c([O-])c1.[Cr+3].[H+]. The van der Waals surface area contributed by atoms with E-state index < -0.39 is 43.3 Å². The zero-order valence-electron chi connectivity index (χ0n) is 30.9. The van der Waals surface area contributed by atoms with Crippen molar-refractivity contribution >= 4 is 66.0 Å².